The summed E-state index contributed by atoms with van der Waals surface area (Å²) in [5.41, 5.74) is 0.540. The summed E-state index contributed by atoms with van der Waals surface area (Å²) >= 11 is 0.561. The van der Waals surface area contributed by atoms with E-state index in [1.54, 1.807) is 0 Å². The lowest BCUT2D eigenvalue weighted by Crippen LogP contribution is -2.39. The van der Waals surface area contributed by atoms with Gasteiger partial charge in [0.25, 0.3) is 10.0 Å². The third kappa shape index (κ3) is 3.67. The number of hydrogen-bond acceptors (Lipinski definition) is 6. The molecule has 0 fully saturated rings. The number of carbonyl (C=O) groups is 1. The number of sulfonamides is 1. The number of rotatable bonds is 5. The Kier molecular flexibility index (Phi) is 5.10. The van der Waals surface area contributed by atoms with Gasteiger partial charge in [-0.1, -0.05) is 6.92 Å². The smallest absolute Gasteiger partial charge is 0.402 e. The van der Waals surface area contributed by atoms with Crippen LogP contribution in [-0.4, -0.2) is 50.1 Å². The van der Waals surface area contributed by atoms with E-state index in [4.69, 9.17) is 0 Å². The molecule has 0 saturated heterocycles. The Balaban J connectivity index is 3.22. The molecule has 0 atom stereocenters. The SMILES string of the molecule is CCN(CC(F)(F)F)S(=O)(=O)c1scnc1C(=O)OC. The van der Waals surface area contributed by atoms with Crippen molar-refractivity contribution in [3.8, 4) is 0 Å². The third-order valence-corrected chi connectivity index (χ3v) is 5.46. The quantitative estimate of drug-likeness (QED) is 0.764. The molecule has 20 heavy (non-hydrogen) atoms. The van der Waals surface area contributed by atoms with Gasteiger partial charge in [0.1, 0.15) is 6.54 Å². The zero-order valence-electron chi connectivity index (χ0n) is 10.5. The van der Waals surface area contributed by atoms with Crippen molar-refractivity contribution in [2.24, 2.45) is 0 Å². The molecule has 1 aromatic rings. The Morgan fingerprint density at radius 2 is 2.10 bits per heavy atom. The average Bonchev–Trinajstić information content (AvgIpc) is 2.83. The van der Waals surface area contributed by atoms with Gasteiger partial charge in [-0.3, -0.25) is 0 Å². The molecule has 0 aromatic carbocycles. The van der Waals surface area contributed by atoms with Crippen molar-refractivity contribution in [1.29, 1.82) is 0 Å². The van der Waals surface area contributed by atoms with Crippen molar-refractivity contribution >= 4 is 27.3 Å². The standard InChI is InChI=1S/C9H11F3N2O4S2/c1-3-14(4-9(10,11)12)20(16,17)8-6(7(15)18-2)13-5-19-8/h5H,3-4H2,1-2H3. The molecule has 0 aliphatic carbocycles. The molecule has 0 unspecified atom stereocenters. The summed E-state index contributed by atoms with van der Waals surface area (Å²) in [6.45, 7) is -0.757. The zero-order chi connectivity index (χ0) is 15.6. The van der Waals surface area contributed by atoms with Gasteiger partial charge in [-0.15, -0.1) is 11.3 Å². The fraction of sp³-hybridized carbons (Fsp3) is 0.556. The molecule has 0 aliphatic rings. The number of carbonyl (C=O) groups excluding carboxylic acids is 1. The Morgan fingerprint density at radius 1 is 1.50 bits per heavy atom. The summed E-state index contributed by atoms with van der Waals surface area (Å²) in [5.74, 6) is -1.02. The first kappa shape index (κ1) is 16.9. The third-order valence-electron chi connectivity index (χ3n) is 2.20. The first-order chi connectivity index (χ1) is 9.13. The van der Waals surface area contributed by atoms with Crippen molar-refractivity contribution in [2.45, 2.75) is 17.3 Å². The predicted octanol–water partition coefficient (Wildman–Crippen LogP) is 1.50. The summed E-state index contributed by atoms with van der Waals surface area (Å²) in [6.07, 6.45) is -4.68. The number of nitrogens with zero attached hydrogens (tertiary/aromatic N) is 2. The van der Waals surface area contributed by atoms with E-state index in [9.17, 15) is 26.4 Å². The molecular weight excluding hydrogens is 321 g/mol. The molecule has 114 valence electrons. The molecule has 0 radical (unpaired) electrons. The maximum atomic E-state index is 12.4. The van der Waals surface area contributed by atoms with Crippen molar-refractivity contribution in [1.82, 2.24) is 9.29 Å². The van der Waals surface area contributed by atoms with Gasteiger partial charge in [-0.05, 0) is 0 Å². The maximum Gasteiger partial charge on any atom is 0.402 e. The summed E-state index contributed by atoms with van der Waals surface area (Å²) in [4.78, 5) is 14.9. The van der Waals surface area contributed by atoms with Crippen molar-refractivity contribution in [3.63, 3.8) is 0 Å². The highest BCUT2D eigenvalue weighted by Gasteiger charge is 2.38. The average molecular weight is 332 g/mol. The maximum absolute atomic E-state index is 12.4. The lowest BCUT2D eigenvalue weighted by atomic mass is 10.5. The number of ether oxygens (including phenoxy) is 1. The van der Waals surface area contributed by atoms with Gasteiger partial charge < -0.3 is 4.74 Å². The monoisotopic (exact) mass is 332 g/mol. The van der Waals surface area contributed by atoms with Gasteiger partial charge in [0.05, 0.1) is 12.6 Å². The Bertz CT molecular complexity index is 582. The van der Waals surface area contributed by atoms with E-state index in [1.807, 2.05) is 0 Å². The van der Waals surface area contributed by atoms with E-state index in [-0.39, 0.29) is 10.8 Å². The highest BCUT2D eigenvalue weighted by Crippen LogP contribution is 2.27. The second-order valence-electron chi connectivity index (χ2n) is 3.53. The summed E-state index contributed by atoms with van der Waals surface area (Å²) in [7, 11) is -3.44. The van der Waals surface area contributed by atoms with Crippen molar-refractivity contribution in [2.75, 3.05) is 20.2 Å². The van der Waals surface area contributed by atoms with Crippen molar-refractivity contribution in [3.05, 3.63) is 11.2 Å². The molecule has 6 nitrogen and oxygen atoms in total. The minimum atomic E-state index is -4.68. The molecule has 0 amide bonds. The number of aromatic nitrogens is 1. The van der Waals surface area contributed by atoms with Gasteiger partial charge in [-0.25, -0.2) is 18.2 Å². The number of halogens is 3. The minimum Gasteiger partial charge on any atom is -0.464 e. The summed E-state index contributed by atoms with van der Waals surface area (Å²) in [6, 6.07) is 0. The van der Waals surface area contributed by atoms with E-state index in [1.165, 1.54) is 6.92 Å². The number of hydrogen-bond donors (Lipinski definition) is 0. The molecule has 11 heteroatoms. The second-order valence-corrected chi connectivity index (χ2v) is 6.51. The number of thiazole rings is 1. The topological polar surface area (TPSA) is 76.6 Å². The summed E-state index contributed by atoms with van der Waals surface area (Å²) < 4.78 is 65.4. The van der Waals surface area contributed by atoms with E-state index >= 15 is 0 Å². The molecular formula is C9H11F3N2O4S2. The molecule has 1 aromatic heterocycles. The normalized spacial score (nSPS) is 12.7. The van der Waals surface area contributed by atoms with Gasteiger partial charge in [0.15, 0.2) is 9.90 Å². The largest absolute Gasteiger partial charge is 0.464 e. The van der Waals surface area contributed by atoms with Crippen LogP contribution in [0.15, 0.2) is 9.72 Å². The van der Waals surface area contributed by atoms with E-state index in [0.29, 0.717) is 11.3 Å². The number of alkyl halides is 3. The van der Waals surface area contributed by atoms with Crippen LogP contribution in [-0.2, 0) is 14.8 Å². The molecule has 0 saturated carbocycles. The molecule has 0 bridgehead atoms. The Morgan fingerprint density at radius 3 is 2.55 bits per heavy atom. The van der Waals surface area contributed by atoms with Crippen LogP contribution in [0.3, 0.4) is 0 Å². The lowest BCUT2D eigenvalue weighted by molar-refractivity contribution is -0.135. The van der Waals surface area contributed by atoms with Crippen LogP contribution in [0.5, 0.6) is 0 Å². The minimum absolute atomic E-state index is 0.229. The number of esters is 1. The van der Waals surface area contributed by atoms with Gasteiger partial charge in [0, 0.05) is 6.54 Å². The first-order valence-corrected chi connectivity index (χ1v) is 7.54. The fourth-order valence-corrected chi connectivity index (χ4v) is 4.04. The highest BCUT2D eigenvalue weighted by molar-refractivity contribution is 7.91. The second kappa shape index (κ2) is 6.06. The molecule has 0 spiro atoms. The van der Waals surface area contributed by atoms with Crippen LogP contribution in [0.4, 0.5) is 13.2 Å². The highest BCUT2D eigenvalue weighted by atomic mass is 32.2. The first-order valence-electron chi connectivity index (χ1n) is 5.22. The van der Waals surface area contributed by atoms with Crippen LogP contribution in [0.2, 0.25) is 0 Å². The zero-order valence-corrected chi connectivity index (χ0v) is 12.1. The molecule has 0 aliphatic heterocycles. The number of methoxy groups -OCH3 is 1. The Labute approximate surface area is 117 Å². The van der Waals surface area contributed by atoms with Crippen molar-refractivity contribution < 1.29 is 31.1 Å². The Hall–Kier alpha value is -1.20. The van der Waals surface area contributed by atoms with Gasteiger partial charge >= 0.3 is 12.1 Å². The fourth-order valence-electron chi connectivity index (χ4n) is 1.34. The van der Waals surface area contributed by atoms with E-state index in [2.05, 4.69) is 9.72 Å². The molecule has 0 N–H and O–H groups in total. The van der Waals surface area contributed by atoms with E-state index in [0.717, 1.165) is 12.6 Å². The van der Waals surface area contributed by atoms with Crippen LogP contribution in [0.25, 0.3) is 0 Å². The van der Waals surface area contributed by atoms with Crippen LogP contribution in [0, 0.1) is 0 Å². The van der Waals surface area contributed by atoms with Gasteiger partial charge in [0.2, 0.25) is 0 Å². The molecule has 1 heterocycles. The van der Waals surface area contributed by atoms with Gasteiger partial charge in [-0.2, -0.15) is 17.5 Å². The summed E-state index contributed by atoms with van der Waals surface area (Å²) in [5, 5.41) is 0. The molecule has 1 rings (SSSR count). The van der Waals surface area contributed by atoms with Crippen LogP contribution in [0.1, 0.15) is 17.4 Å². The van der Waals surface area contributed by atoms with Crippen LogP contribution >= 0.6 is 11.3 Å². The predicted molar refractivity (Wildman–Crippen MR) is 63.9 cm³/mol. The lowest BCUT2D eigenvalue weighted by Gasteiger charge is -2.21. The van der Waals surface area contributed by atoms with Crippen LogP contribution < -0.4 is 0 Å². The van der Waals surface area contributed by atoms with E-state index < -0.39 is 38.6 Å².